The third-order valence-electron chi connectivity index (χ3n) is 4.09. The van der Waals surface area contributed by atoms with E-state index in [1.807, 2.05) is 35.2 Å². The molecule has 116 valence electrons. The van der Waals surface area contributed by atoms with Gasteiger partial charge < -0.3 is 14.7 Å². The maximum atomic E-state index is 12.7. The first kappa shape index (κ1) is 14.9. The second kappa shape index (κ2) is 6.85. The SMILES string of the molecule is O=C(Cc1cccc2ncccc12)N1CCOCC1CCO. The largest absolute Gasteiger partial charge is 0.396 e. The summed E-state index contributed by atoms with van der Waals surface area (Å²) in [4.78, 5) is 18.8. The summed E-state index contributed by atoms with van der Waals surface area (Å²) in [6, 6.07) is 9.72. The average Bonchev–Trinajstić information content (AvgIpc) is 2.56. The molecule has 1 N–H and O–H groups in total. The number of aromatic nitrogens is 1. The van der Waals surface area contributed by atoms with Crippen molar-refractivity contribution in [3.8, 4) is 0 Å². The molecule has 2 aromatic rings. The van der Waals surface area contributed by atoms with Crippen LogP contribution in [0.1, 0.15) is 12.0 Å². The fourth-order valence-corrected chi connectivity index (χ4v) is 2.96. The number of nitrogens with zero attached hydrogens (tertiary/aromatic N) is 2. The normalized spacial score (nSPS) is 18.6. The molecule has 0 aliphatic carbocycles. The number of hydrogen-bond donors (Lipinski definition) is 1. The third kappa shape index (κ3) is 3.10. The van der Waals surface area contributed by atoms with Crippen LogP contribution in [-0.4, -0.2) is 53.3 Å². The van der Waals surface area contributed by atoms with Crippen molar-refractivity contribution in [3.05, 3.63) is 42.1 Å². The van der Waals surface area contributed by atoms with Crippen molar-refractivity contribution >= 4 is 16.8 Å². The van der Waals surface area contributed by atoms with E-state index in [0.717, 1.165) is 16.5 Å². The van der Waals surface area contributed by atoms with Crippen LogP contribution in [0.5, 0.6) is 0 Å². The van der Waals surface area contributed by atoms with Crippen molar-refractivity contribution in [1.29, 1.82) is 0 Å². The highest BCUT2D eigenvalue weighted by molar-refractivity contribution is 5.88. The number of benzene rings is 1. The molecule has 0 saturated carbocycles. The monoisotopic (exact) mass is 300 g/mol. The van der Waals surface area contributed by atoms with Gasteiger partial charge in [0.05, 0.1) is 31.2 Å². The Morgan fingerprint density at radius 1 is 1.36 bits per heavy atom. The molecule has 3 rings (SSSR count). The van der Waals surface area contributed by atoms with E-state index in [1.54, 1.807) is 6.20 Å². The minimum atomic E-state index is -0.0284. The van der Waals surface area contributed by atoms with Crippen LogP contribution in [0.4, 0.5) is 0 Å². The summed E-state index contributed by atoms with van der Waals surface area (Å²) in [5.41, 5.74) is 1.89. The number of carbonyl (C=O) groups is 1. The number of hydrogen-bond acceptors (Lipinski definition) is 4. The van der Waals surface area contributed by atoms with Crippen molar-refractivity contribution in [2.24, 2.45) is 0 Å². The average molecular weight is 300 g/mol. The molecule has 1 aliphatic heterocycles. The topological polar surface area (TPSA) is 62.7 Å². The van der Waals surface area contributed by atoms with Crippen molar-refractivity contribution in [2.45, 2.75) is 18.9 Å². The van der Waals surface area contributed by atoms with Gasteiger partial charge in [-0.25, -0.2) is 0 Å². The number of fused-ring (bicyclic) bond motifs is 1. The zero-order valence-electron chi connectivity index (χ0n) is 12.4. The van der Waals surface area contributed by atoms with Gasteiger partial charge in [0.1, 0.15) is 0 Å². The van der Waals surface area contributed by atoms with Gasteiger partial charge in [-0.3, -0.25) is 9.78 Å². The molecule has 0 radical (unpaired) electrons. The van der Waals surface area contributed by atoms with Crippen LogP contribution in [0.25, 0.3) is 10.9 Å². The lowest BCUT2D eigenvalue weighted by molar-refractivity contribution is -0.139. The summed E-state index contributed by atoms with van der Waals surface area (Å²) >= 11 is 0. The Bertz CT molecular complexity index is 652. The molecule has 1 unspecified atom stereocenters. The molecule has 1 fully saturated rings. The van der Waals surface area contributed by atoms with Gasteiger partial charge in [-0.15, -0.1) is 0 Å². The van der Waals surface area contributed by atoms with Gasteiger partial charge in [0, 0.05) is 24.7 Å². The minimum Gasteiger partial charge on any atom is -0.396 e. The number of aliphatic hydroxyl groups excluding tert-OH is 1. The lowest BCUT2D eigenvalue weighted by Gasteiger charge is -2.35. The van der Waals surface area contributed by atoms with Crippen molar-refractivity contribution in [3.63, 3.8) is 0 Å². The highest BCUT2D eigenvalue weighted by Crippen LogP contribution is 2.19. The summed E-state index contributed by atoms with van der Waals surface area (Å²) in [6.07, 6.45) is 2.67. The molecule has 1 aromatic heterocycles. The van der Waals surface area contributed by atoms with Crippen molar-refractivity contribution < 1.29 is 14.6 Å². The van der Waals surface area contributed by atoms with Crippen molar-refractivity contribution in [1.82, 2.24) is 9.88 Å². The lowest BCUT2D eigenvalue weighted by atomic mass is 10.0. The molecule has 22 heavy (non-hydrogen) atoms. The second-order valence-corrected chi connectivity index (χ2v) is 5.49. The third-order valence-corrected chi connectivity index (χ3v) is 4.09. The van der Waals surface area contributed by atoms with Crippen LogP contribution >= 0.6 is 0 Å². The van der Waals surface area contributed by atoms with E-state index in [0.29, 0.717) is 32.6 Å². The predicted octanol–water partition coefficient (Wildman–Crippen LogP) is 1.39. The standard InChI is InChI=1S/C17H20N2O3/c20-9-6-14-12-22-10-8-19(14)17(21)11-13-3-1-5-16-15(13)4-2-7-18-16/h1-5,7,14,20H,6,8-12H2. The maximum absolute atomic E-state index is 12.7. The van der Waals surface area contributed by atoms with E-state index in [1.165, 1.54) is 0 Å². The van der Waals surface area contributed by atoms with E-state index in [-0.39, 0.29) is 18.6 Å². The summed E-state index contributed by atoms with van der Waals surface area (Å²) in [6.45, 7) is 1.72. The molecule has 1 aliphatic rings. The minimum absolute atomic E-state index is 0.0284. The van der Waals surface area contributed by atoms with E-state index < -0.39 is 0 Å². The zero-order valence-corrected chi connectivity index (χ0v) is 12.4. The predicted molar refractivity (Wildman–Crippen MR) is 83.5 cm³/mol. The van der Waals surface area contributed by atoms with E-state index >= 15 is 0 Å². The smallest absolute Gasteiger partial charge is 0.227 e. The highest BCUT2D eigenvalue weighted by Gasteiger charge is 2.27. The number of aliphatic hydroxyl groups is 1. The van der Waals surface area contributed by atoms with Gasteiger partial charge in [0.2, 0.25) is 5.91 Å². The van der Waals surface area contributed by atoms with Crippen LogP contribution in [0.2, 0.25) is 0 Å². The lowest BCUT2D eigenvalue weighted by Crippen LogP contribution is -2.49. The van der Waals surface area contributed by atoms with Crippen LogP contribution in [0, 0.1) is 0 Å². The van der Waals surface area contributed by atoms with E-state index in [9.17, 15) is 4.79 Å². The molecule has 1 saturated heterocycles. The van der Waals surface area contributed by atoms with Crippen LogP contribution < -0.4 is 0 Å². The number of amides is 1. The zero-order chi connectivity index (χ0) is 15.4. The van der Waals surface area contributed by atoms with Gasteiger partial charge in [-0.2, -0.15) is 0 Å². The Kier molecular flexibility index (Phi) is 4.65. The van der Waals surface area contributed by atoms with Gasteiger partial charge in [0.15, 0.2) is 0 Å². The Hall–Kier alpha value is -1.98. The molecular weight excluding hydrogens is 280 g/mol. The highest BCUT2D eigenvalue weighted by atomic mass is 16.5. The number of carbonyl (C=O) groups excluding carboxylic acids is 1. The quantitative estimate of drug-likeness (QED) is 0.927. The fraction of sp³-hybridized carbons (Fsp3) is 0.412. The van der Waals surface area contributed by atoms with E-state index in [2.05, 4.69) is 4.98 Å². The number of pyridine rings is 1. The molecule has 2 heterocycles. The van der Waals surface area contributed by atoms with E-state index in [4.69, 9.17) is 9.84 Å². The number of rotatable bonds is 4. The molecular formula is C17H20N2O3. The van der Waals surface area contributed by atoms with Crippen LogP contribution in [0.3, 0.4) is 0 Å². The fourth-order valence-electron chi connectivity index (χ4n) is 2.96. The van der Waals surface area contributed by atoms with Gasteiger partial charge in [-0.05, 0) is 24.1 Å². The van der Waals surface area contributed by atoms with Crippen LogP contribution in [-0.2, 0) is 16.0 Å². The Morgan fingerprint density at radius 3 is 3.14 bits per heavy atom. The van der Waals surface area contributed by atoms with Crippen molar-refractivity contribution in [2.75, 3.05) is 26.4 Å². The van der Waals surface area contributed by atoms with Gasteiger partial charge in [0.25, 0.3) is 0 Å². The summed E-state index contributed by atoms with van der Waals surface area (Å²) < 4.78 is 5.42. The Balaban J connectivity index is 1.80. The van der Waals surface area contributed by atoms with Gasteiger partial charge >= 0.3 is 0 Å². The summed E-state index contributed by atoms with van der Waals surface area (Å²) in [7, 11) is 0. The summed E-state index contributed by atoms with van der Waals surface area (Å²) in [5, 5.41) is 10.2. The molecule has 1 aromatic carbocycles. The van der Waals surface area contributed by atoms with Gasteiger partial charge in [-0.1, -0.05) is 18.2 Å². The molecule has 0 bridgehead atoms. The maximum Gasteiger partial charge on any atom is 0.227 e. The first-order chi connectivity index (χ1) is 10.8. The first-order valence-electron chi connectivity index (χ1n) is 7.60. The summed E-state index contributed by atoms with van der Waals surface area (Å²) in [5.74, 6) is 0.0816. The molecule has 5 heteroatoms. The molecule has 0 spiro atoms. The first-order valence-corrected chi connectivity index (χ1v) is 7.60. The molecule has 1 atom stereocenters. The Morgan fingerprint density at radius 2 is 2.27 bits per heavy atom. The molecule has 5 nitrogen and oxygen atoms in total. The number of morpholine rings is 1. The second-order valence-electron chi connectivity index (χ2n) is 5.49. The Labute approximate surface area is 129 Å². The molecule has 1 amide bonds. The number of ether oxygens (including phenoxy) is 1. The van der Waals surface area contributed by atoms with Crippen LogP contribution in [0.15, 0.2) is 36.5 Å².